The van der Waals surface area contributed by atoms with Crippen LogP contribution in [0.4, 0.5) is 5.69 Å². The van der Waals surface area contributed by atoms with Gasteiger partial charge in [0.15, 0.2) is 0 Å². The summed E-state index contributed by atoms with van der Waals surface area (Å²) in [4.78, 5) is 12.9. The zero-order valence-corrected chi connectivity index (χ0v) is 11.5. The number of hydrogen-bond donors (Lipinski definition) is 1. The Labute approximate surface area is 111 Å². The summed E-state index contributed by atoms with van der Waals surface area (Å²) in [6.45, 7) is 0. The van der Waals surface area contributed by atoms with Gasteiger partial charge >= 0.3 is 0 Å². The van der Waals surface area contributed by atoms with Crippen molar-refractivity contribution in [3.8, 4) is 5.75 Å². The quantitative estimate of drug-likeness (QED) is 0.698. The number of methoxy groups -OCH3 is 1. The molecule has 0 amide bonds. The number of ketones is 1. The van der Waals surface area contributed by atoms with Crippen molar-refractivity contribution in [2.45, 2.75) is 0 Å². The average molecular weight is 312 g/mol. The number of anilines is 1. The first-order valence-corrected chi connectivity index (χ1v) is 6.52. The van der Waals surface area contributed by atoms with Gasteiger partial charge in [-0.1, -0.05) is 0 Å². The van der Waals surface area contributed by atoms with E-state index in [1.54, 1.807) is 25.3 Å². The molecule has 0 unspecified atom stereocenters. The van der Waals surface area contributed by atoms with Crippen LogP contribution in [0.2, 0.25) is 0 Å². The Bertz CT molecular complexity index is 565. The summed E-state index contributed by atoms with van der Waals surface area (Å²) in [5.41, 5.74) is 6.73. The number of hydrogen-bond acceptors (Lipinski definition) is 4. The lowest BCUT2D eigenvalue weighted by Crippen LogP contribution is -2.04. The third-order valence-electron chi connectivity index (χ3n) is 2.33. The van der Waals surface area contributed by atoms with E-state index in [2.05, 4.69) is 15.9 Å². The van der Waals surface area contributed by atoms with Gasteiger partial charge in [-0.3, -0.25) is 4.79 Å². The van der Waals surface area contributed by atoms with Gasteiger partial charge in [-0.15, -0.1) is 11.3 Å². The molecular formula is C12H10BrNO2S. The fourth-order valence-electron chi connectivity index (χ4n) is 1.44. The predicted molar refractivity (Wildman–Crippen MR) is 72.9 cm³/mol. The molecule has 0 aliphatic carbocycles. The van der Waals surface area contributed by atoms with E-state index in [-0.39, 0.29) is 5.78 Å². The highest BCUT2D eigenvalue weighted by Gasteiger charge is 2.17. The van der Waals surface area contributed by atoms with Gasteiger partial charge in [0.05, 0.1) is 17.6 Å². The standard InChI is InChI=1S/C12H10BrNO2S/c1-16-7-2-3-10(14)8(6-7)11(15)12-9(13)4-5-17-12/h2-6H,14H2,1H3. The molecule has 0 aliphatic rings. The second kappa shape index (κ2) is 4.89. The van der Waals surface area contributed by atoms with E-state index in [0.29, 0.717) is 21.9 Å². The number of nitrogens with two attached hydrogens (primary N) is 1. The SMILES string of the molecule is COc1ccc(N)c(C(=O)c2sccc2Br)c1. The highest BCUT2D eigenvalue weighted by atomic mass is 79.9. The van der Waals surface area contributed by atoms with Crippen LogP contribution >= 0.6 is 27.3 Å². The fourth-order valence-corrected chi connectivity index (χ4v) is 2.94. The van der Waals surface area contributed by atoms with E-state index in [1.165, 1.54) is 11.3 Å². The molecule has 0 bridgehead atoms. The number of ether oxygens (including phenoxy) is 1. The minimum absolute atomic E-state index is 0.0942. The number of carbonyl (C=O) groups is 1. The average Bonchev–Trinajstić information content (AvgIpc) is 2.75. The van der Waals surface area contributed by atoms with Crippen LogP contribution in [0.15, 0.2) is 34.1 Å². The molecule has 0 fully saturated rings. The normalized spacial score (nSPS) is 10.2. The second-order valence-electron chi connectivity index (χ2n) is 3.38. The van der Waals surface area contributed by atoms with Crippen LogP contribution in [0, 0.1) is 0 Å². The Morgan fingerprint density at radius 2 is 2.18 bits per heavy atom. The molecule has 2 aromatic rings. The lowest BCUT2D eigenvalue weighted by Gasteiger charge is -2.06. The van der Waals surface area contributed by atoms with Crippen LogP contribution in [0.1, 0.15) is 15.2 Å². The first-order valence-electron chi connectivity index (χ1n) is 4.84. The molecule has 0 spiro atoms. The van der Waals surface area contributed by atoms with Crippen LogP contribution in [-0.2, 0) is 0 Å². The molecule has 88 valence electrons. The van der Waals surface area contributed by atoms with Crippen molar-refractivity contribution in [1.82, 2.24) is 0 Å². The van der Waals surface area contributed by atoms with Crippen LogP contribution < -0.4 is 10.5 Å². The number of benzene rings is 1. The zero-order chi connectivity index (χ0) is 12.4. The highest BCUT2D eigenvalue weighted by Crippen LogP contribution is 2.29. The Morgan fingerprint density at radius 1 is 1.41 bits per heavy atom. The van der Waals surface area contributed by atoms with Crippen molar-refractivity contribution in [1.29, 1.82) is 0 Å². The van der Waals surface area contributed by atoms with Gasteiger partial charge < -0.3 is 10.5 Å². The van der Waals surface area contributed by atoms with E-state index in [4.69, 9.17) is 10.5 Å². The molecule has 1 aromatic carbocycles. The minimum Gasteiger partial charge on any atom is -0.497 e. The molecule has 0 saturated carbocycles. The first-order chi connectivity index (χ1) is 8.13. The molecule has 2 rings (SSSR count). The number of rotatable bonds is 3. The molecule has 3 nitrogen and oxygen atoms in total. The summed E-state index contributed by atoms with van der Waals surface area (Å²) in [6.07, 6.45) is 0. The zero-order valence-electron chi connectivity index (χ0n) is 9.07. The molecule has 0 saturated heterocycles. The third-order valence-corrected chi connectivity index (χ3v) is 4.16. The van der Waals surface area contributed by atoms with Crippen molar-refractivity contribution >= 4 is 38.7 Å². The summed E-state index contributed by atoms with van der Waals surface area (Å²) < 4.78 is 5.88. The van der Waals surface area contributed by atoms with Crippen molar-refractivity contribution in [3.05, 3.63) is 44.6 Å². The molecule has 0 radical (unpaired) electrons. The van der Waals surface area contributed by atoms with E-state index < -0.39 is 0 Å². The van der Waals surface area contributed by atoms with E-state index >= 15 is 0 Å². The lowest BCUT2D eigenvalue weighted by molar-refractivity contribution is 0.104. The molecule has 0 atom stereocenters. The van der Waals surface area contributed by atoms with Gasteiger partial charge in [0.2, 0.25) is 5.78 Å². The maximum absolute atomic E-state index is 12.3. The van der Waals surface area contributed by atoms with Gasteiger partial charge in [-0.2, -0.15) is 0 Å². The summed E-state index contributed by atoms with van der Waals surface area (Å²) in [5, 5.41) is 1.85. The van der Waals surface area contributed by atoms with Crippen molar-refractivity contribution in [2.75, 3.05) is 12.8 Å². The van der Waals surface area contributed by atoms with Crippen molar-refractivity contribution < 1.29 is 9.53 Å². The van der Waals surface area contributed by atoms with Crippen LogP contribution in [0.5, 0.6) is 5.75 Å². The van der Waals surface area contributed by atoms with Gasteiger partial charge in [-0.25, -0.2) is 0 Å². The van der Waals surface area contributed by atoms with E-state index in [1.807, 2.05) is 11.4 Å². The van der Waals surface area contributed by atoms with E-state index in [9.17, 15) is 4.79 Å². The predicted octanol–water partition coefficient (Wildman–Crippen LogP) is 3.33. The summed E-state index contributed by atoms with van der Waals surface area (Å²) in [5.74, 6) is 0.526. The van der Waals surface area contributed by atoms with E-state index in [0.717, 1.165) is 4.47 Å². The maximum atomic E-state index is 12.3. The molecule has 1 aromatic heterocycles. The van der Waals surface area contributed by atoms with Gasteiger partial charge in [0, 0.05) is 10.2 Å². The summed E-state index contributed by atoms with van der Waals surface area (Å²) >= 11 is 4.72. The number of halogens is 1. The molecule has 0 aliphatic heterocycles. The summed E-state index contributed by atoms with van der Waals surface area (Å²) in [6, 6.07) is 6.90. The Kier molecular flexibility index (Phi) is 3.49. The Morgan fingerprint density at radius 3 is 2.76 bits per heavy atom. The number of thiophene rings is 1. The lowest BCUT2D eigenvalue weighted by atomic mass is 10.1. The van der Waals surface area contributed by atoms with Crippen LogP contribution in [0.3, 0.4) is 0 Å². The maximum Gasteiger partial charge on any atom is 0.206 e. The first kappa shape index (κ1) is 12.1. The third kappa shape index (κ3) is 2.35. The van der Waals surface area contributed by atoms with Gasteiger partial charge in [-0.05, 0) is 45.6 Å². The number of nitrogen functional groups attached to an aromatic ring is 1. The topological polar surface area (TPSA) is 52.3 Å². The molecule has 17 heavy (non-hydrogen) atoms. The fraction of sp³-hybridized carbons (Fsp3) is 0.0833. The molecule has 5 heteroatoms. The Balaban J connectivity index is 2.47. The second-order valence-corrected chi connectivity index (χ2v) is 5.15. The van der Waals surface area contributed by atoms with Crippen molar-refractivity contribution in [3.63, 3.8) is 0 Å². The van der Waals surface area contributed by atoms with Gasteiger partial charge in [0.1, 0.15) is 5.75 Å². The number of carbonyl (C=O) groups excluding carboxylic acids is 1. The van der Waals surface area contributed by atoms with Crippen LogP contribution in [-0.4, -0.2) is 12.9 Å². The Hall–Kier alpha value is -1.33. The monoisotopic (exact) mass is 311 g/mol. The largest absolute Gasteiger partial charge is 0.497 e. The highest BCUT2D eigenvalue weighted by molar-refractivity contribution is 9.10. The summed E-state index contributed by atoms with van der Waals surface area (Å²) in [7, 11) is 1.56. The smallest absolute Gasteiger partial charge is 0.206 e. The minimum atomic E-state index is -0.0942. The van der Waals surface area contributed by atoms with Crippen molar-refractivity contribution in [2.24, 2.45) is 0 Å². The molecule has 2 N–H and O–H groups in total. The molecule has 1 heterocycles. The molecular weight excluding hydrogens is 302 g/mol. The van der Waals surface area contributed by atoms with Gasteiger partial charge in [0.25, 0.3) is 0 Å². The van der Waals surface area contributed by atoms with Crippen LogP contribution in [0.25, 0.3) is 0 Å².